The number of aromatic nitrogens is 9. The first-order valence-corrected chi connectivity index (χ1v) is 25.5. The number of phenols is 1. The fraction of sp³-hybridized carbons (Fsp3) is 0.412. The first-order valence-electron chi connectivity index (χ1n) is 25.5. The number of aryl methyl sites for hydroxylation is 2. The number of hydrogen-bond donors (Lipinski definition) is 6. The largest absolute Gasteiger partial charge is 0.508 e. The van der Waals surface area contributed by atoms with E-state index in [-0.39, 0.29) is 64.3 Å². The maximum absolute atomic E-state index is 14.4. The van der Waals surface area contributed by atoms with Gasteiger partial charge in [-0.3, -0.25) is 19.4 Å². The molecule has 0 spiro atoms. The number of carbonyl (C=O) groups is 3. The second-order valence-corrected chi connectivity index (χ2v) is 19.0. The molecule has 2 atom stereocenters. The molecule has 5 aromatic rings. The lowest BCUT2D eigenvalue weighted by molar-refractivity contribution is -0.137. The van der Waals surface area contributed by atoms with E-state index in [1.807, 2.05) is 34.7 Å². The number of hydrogen-bond acceptors (Lipinski definition) is 18. The lowest BCUT2D eigenvalue weighted by Gasteiger charge is -2.38. The third-order valence-corrected chi connectivity index (χ3v) is 13.8. The average Bonchev–Trinajstić information content (AvgIpc) is 4.08. The number of carboxylic acids is 1. The summed E-state index contributed by atoms with van der Waals surface area (Å²) in [6, 6.07) is 13.1. The van der Waals surface area contributed by atoms with Gasteiger partial charge < -0.3 is 56.7 Å². The van der Waals surface area contributed by atoms with Gasteiger partial charge in [0, 0.05) is 106 Å². The molecule has 9 rings (SSSR count). The first-order chi connectivity index (χ1) is 36.7. The van der Waals surface area contributed by atoms with Crippen LogP contribution < -0.4 is 37.7 Å². The summed E-state index contributed by atoms with van der Waals surface area (Å²) in [7, 11) is 0. The van der Waals surface area contributed by atoms with Crippen molar-refractivity contribution in [2.45, 2.75) is 65.0 Å². The molecule has 2 saturated heterocycles. The van der Waals surface area contributed by atoms with Crippen molar-refractivity contribution in [3.63, 3.8) is 0 Å². The van der Waals surface area contributed by atoms with E-state index in [4.69, 9.17) is 36.6 Å². The van der Waals surface area contributed by atoms with Crippen LogP contribution in [-0.2, 0) is 29.0 Å². The minimum atomic E-state index is -1.22. The zero-order valence-electron chi connectivity index (χ0n) is 42.5. The van der Waals surface area contributed by atoms with Crippen LogP contribution in [0, 0.1) is 5.92 Å². The van der Waals surface area contributed by atoms with Gasteiger partial charge in [-0.1, -0.05) is 36.8 Å². The number of benzene rings is 3. The van der Waals surface area contributed by atoms with Crippen molar-refractivity contribution in [1.82, 2.24) is 54.7 Å². The molecule has 9 N–H and O–H groups in total. The van der Waals surface area contributed by atoms with Gasteiger partial charge in [0.05, 0.1) is 17.0 Å². The predicted octanol–water partition coefficient (Wildman–Crippen LogP) is 2.85. The van der Waals surface area contributed by atoms with Crippen LogP contribution >= 0.6 is 0 Å². The quantitative estimate of drug-likeness (QED) is 0.0277. The third-order valence-electron chi connectivity index (χ3n) is 13.8. The van der Waals surface area contributed by atoms with Crippen LogP contribution in [0.15, 0.2) is 81.2 Å². The molecule has 4 aliphatic rings. The van der Waals surface area contributed by atoms with Crippen LogP contribution in [0.3, 0.4) is 0 Å². The average molecular weight is 1040 g/mol. The number of piperazine rings is 2. The summed E-state index contributed by atoms with van der Waals surface area (Å²) < 4.78 is 9.24. The van der Waals surface area contributed by atoms with Gasteiger partial charge in [0.2, 0.25) is 29.7 Å². The molecule has 1 aliphatic carbocycles. The van der Waals surface area contributed by atoms with Gasteiger partial charge in [-0.2, -0.15) is 15.0 Å². The fourth-order valence-corrected chi connectivity index (χ4v) is 9.55. The number of rotatable bonds is 20. The van der Waals surface area contributed by atoms with Crippen LogP contribution in [0.1, 0.15) is 67.3 Å². The highest BCUT2D eigenvalue weighted by Gasteiger charge is 2.34. The first kappa shape index (κ1) is 52.1. The molecular formula is C51H62N18O7. The number of unbranched alkanes of at least 4 members (excludes halogenated alkanes) is 1. The van der Waals surface area contributed by atoms with Crippen molar-refractivity contribution in [3.05, 3.63) is 94.2 Å². The topological polar surface area (TPSA) is 337 Å². The molecule has 0 saturated carbocycles. The molecule has 0 bridgehead atoms. The molecule has 3 aliphatic heterocycles. The summed E-state index contributed by atoms with van der Waals surface area (Å²) in [4.78, 5) is 79.8. The summed E-state index contributed by atoms with van der Waals surface area (Å²) in [5.41, 5.74) is 19.8. The number of fused-ring (bicyclic) bond motifs is 2. The van der Waals surface area contributed by atoms with Crippen molar-refractivity contribution in [2.75, 3.05) is 80.6 Å². The fourth-order valence-electron chi connectivity index (χ4n) is 9.55. The molecule has 76 heavy (non-hydrogen) atoms. The number of aromatic carboxylic acids is 1. The Morgan fingerprint density at radius 1 is 0.803 bits per heavy atom. The Kier molecular flexibility index (Phi) is 15.9. The lowest BCUT2D eigenvalue weighted by atomic mass is 9.90. The highest BCUT2D eigenvalue weighted by molar-refractivity contribution is 6.08. The third kappa shape index (κ3) is 11.9. The number of carbonyl (C=O) groups excluding carboxylic acids is 2. The second-order valence-electron chi connectivity index (χ2n) is 19.0. The van der Waals surface area contributed by atoms with Gasteiger partial charge >= 0.3 is 5.97 Å². The highest BCUT2D eigenvalue weighted by Crippen LogP contribution is 2.42. The molecule has 2 aromatic carbocycles. The zero-order valence-corrected chi connectivity index (χ0v) is 42.5. The molecule has 6 heterocycles. The Morgan fingerprint density at radius 2 is 1.49 bits per heavy atom. The summed E-state index contributed by atoms with van der Waals surface area (Å²) in [5.74, 6) is -0.406. The normalized spacial score (nSPS) is 14.8. The number of guanidine groups is 1. The molecule has 3 aromatic heterocycles. The van der Waals surface area contributed by atoms with E-state index in [0.29, 0.717) is 118 Å². The smallest absolute Gasteiger partial charge is 0.336 e. The molecule has 0 radical (unpaired) electrons. The number of anilines is 4. The molecule has 0 unspecified atom stereocenters. The van der Waals surface area contributed by atoms with Crippen LogP contribution in [-0.4, -0.2) is 154 Å². The monoisotopic (exact) mass is 1040 g/mol. The Labute approximate surface area is 436 Å². The van der Waals surface area contributed by atoms with E-state index < -0.39 is 12.0 Å². The molecule has 2 amide bonds. The van der Waals surface area contributed by atoms with E-state index in [0.717, 1.165) is 37.1 Å². The van der Waals surface area contributed by atoms with E-state index >= 15 is 0 Å². The number of aliphatic imine (C=N–C) groups is 1. The van der Waals surface area contributed by atoms with Gasteiger partial charge in [0.25, 0.3) is 0 Å². The minimum Gasteiger partial charge on any atom is -0.508 e. The second kappa shape index (κ2) is 23.2. The Bertz CT molecular complexity index is 3260. The van der Waals surface area contributed by atoms with E-state index in [2.05, 4.69) is 30.9 Å². The van der Waals surface area contributed by atoms with E-state index in [1.165, 1.54) is 30.3 Å². The van der Waals surface area contributed by atoms with Crippen molar-refractivity contribution >= 4 is 58.2 Å². The predicted molar refractivity (Wildman–Crippen MR) is 283 cm³/mol. The van der Waals surface area contributed by atoms with Gasteiger partial charge in [-0.15, -0.1) is 10.2 Å². The van der Waals surface area contributed by atoms with Gasteiger partial charge in [0.15, 0.2) is 11.4 Å². The number of carboxylic acid groups (broad SMARTS) is 1. The molecular weight excluding hydrogens is 977 g/mol. The number of nitrogens with two attached hydrogens (primary N) is 3. The van der Waals surface area contributed by atoms with Crippen molar-refractivity contribution in [3.8, 4) is 28.2 Å². The summed E-state index contributed by atoms with van der Waals surface area (Å²) in [6.45, 7) is 8.28. The molecule has 25 heteroatoms. The van der Waals surface area contributed by atoms with Crippen LogP contribution in [0.5, 0.6) is 5.75 Å². The molecule has 398 valence electrons. The summed E-state index contributed by atoms with van der Waals surface area (Å²) in [5, 5.41) is 41.9. The van der Waals surface area contributed by atoms with Crippen LogP contribution in [0.2, 0.25) is 0 Å². The van der Waals surface area contributed by atoms with Crippen molar-refractivity contribution in [1.29, 1.82) is 0 Å². The van der Waals surface area contributed by atoms with Gasteiger partial charge in [-0.25, -0.2) is 14.2 Å². The van der Waals surface area contributed by atoms with Crippen LogP contribution in [0.4, 0.5) is 23.5 Å². The maximum atomic E-state index is 14.4. The number of nitrogens with one attached hydrogen (secondary N) is 1. The SMILES string of the molecule is CC[C@H](C)[C@@H](C(=O)N1CCN(c2nc(Nc3ccc(-c4c5ccc(=O)cc-5oc5cc(O)ccc45)c(C(=O)O)c3)nc(N3CCN(C(=O)Cn4cc(CCCCN)nn4)CC3)n2)CC1)n1cc(CCCN=C(N)N)nn1. The van der Waals surface area contributed by atoms with Gasteiger partial charge in [-0.05, 0) is 86.5 Å². The maximum Gasteiger partial charge on any atom is 0.336 e. The van der Waals surface area contributed by atoms with E-state index in [1.54, 1.807) is 44.7 Å². The summed E-state index contributed by atoms with van der Waals surface area (Å²) in [6.07, 6.45) is 8.13. The Morgan fingerprint density at radius 3 is 2.18 bits per heavy atom. The zero-order chi connectivity index (χ0) is 53.5. The summed E-state index contributed by atoms with van der Waals surface area (Å²) >= 11 is 0. The standard InChI is InChI=1S/C51H62N18O7/c1-3-31(2)45(69-29-34(61-63-69)8-6-16-55-48(53)54)46(73)65-19-23-67(24-20-65)51-58-49(57-50(59-51)66-21-17-64(18-22-66)43(72)30-68-28-33(60-62-68)7-4-5-15-52)56-32-9-12-37(40(25-32)47(74)75)44-38-13-10-35(70)26-41(38)76-42-27-36(71)11-14-39(42)44/h9-14,25-29,31,45,70H,3-8,15-24,30,52H2,1-2H3,(H,74,75)(H4,53,54,55)(H,56,57,58,59)/t31-,45-/m0/s1. The van der Waals surface area contributed by atoms with Crippen molar-refractivity contribution < 1.29 is 29.0 Å². The van der Waals surface area contributed by atoms with Crippen molar-refractivity contribution in [2.24, 2.45) is 28.1 Å². The number of amides is 2. The van der Waals surface area contributed by atoms with Gasteiger partial charge in [0.1, 0.15) is 29.7 Å². The Balaban J connectivity index is 0.969. The van der Waals surface area contributed by atoms with Crippen LogP contribution in [0.25, 0.3) is 33.4 Å². The number of phenolic OH excluding ortho intramolecular Hbond substituents is 1. The van der Waals surface area contributed by atoms with E-state index in [9.17, 15) is 29.4 Å². The number of aromatic hydroxyl groups is 1. The molecule has 2 fully saturated rings. The lowest BCUT2D eigenvalue weighted by Crippen LogP contribution is -2.52. The minimum absolute atomic E-state index is 0.0292. The highest BCUT2D eigenvalue weighted by atomic mass is 16.4. The molecule has 25 nitrogen and oxygen atoms in total. The number of nitrogens with zero attached hydrogens (tertiary/aromatic N) is 14. The Hall–Kier alpha value is -8.74.